The number of hydrogen-bond acceptors (Lipinski definition) is 2. The van der Waals surface area contributed by atoms with Crippen LogP contribution in [0.15, 0.2) is 24.3 Å². The predicted octanol–water partition coefficient (Wildman–Crippen LogP) is 3.37. The Bertz CT molecular complexity index is 385. The lowest BCUT2D eigenvalue weighted by atomic mass is 9.87. The van der Waals surface area contributed by atoms with Gasteiger partial charge < -0.3 is 0 Å². The molecule has 0 saturated heterocycles. The first kappa shape index (κ1) is 16.0. The van der Waals surface area contributed by atoms with Gasteiger partial charge in [0.25, 0.3) is 0 Å². The topological polar surface area (TPSA) is 38.0 Å². The maximum Gasteiger partial charge on any atom is 0.416 e. The van der Waals surface area contributed by atoms with Gasteiger partial charge in [0.1, 0.15) is 0 Å². The molecule has 19 heavy (non-hydrogen) atoms. The van der Waals surface area contributed by atoms with E-state index in [-0.39, 0.29) is 6.04 Å². The number of benzene rings is 1. The number of nitrogens with one attached hydrogen (secondary N) is 1. The summed E-state index contributed by atoms with van der Waals surface area (Å²) in [5.41, 5.74) is 2.98. The van der Waals surface area contributed by atoms with Crippen molar-refractivity contribution in [3.63, 3.8) is 0 Å². The van der Waals surface area contributed by atoms with Crippen LogP contribution in [0.4, 0.5) is 13.2 Å². The van der Waals surface area contributed by atoms with E-state index < -0.39 is 11.7 Å². The first-order chi connectivity index (χ1) is 8.75. The maximum atomic E-state index is 12.4. The van der Waals surface area contributed by atoms with E-state index in [1.54, 1.807) is 0 Å². The Kier molecular flexibility index (Phi) is 5.38. The molecule has 0 bridgehead atoms. The molecule has 5 heteroatoms. The third-order valence-corrected chi connectivity index (χ3v) is 3.64. The molecule has 0 fully saturated rings. The van der Waals surface area contributed by atoms with Crippen LogP contribution in [0.5, 0.6) is 0 Å². The van der Waals surface area contributed by atoms with Crippen molar-refractivity contribution in [3.8, 4) is 0 Å². The average molecular weight is 274 g/mol. The summed E-state index contributed by atoms with van der Waals surface area (Å²) in [5.74, 6) is 6.32. The fourth-order valence-corrected chi connectivity index (χ4v) is 1.94. The molecule has 0 spiro atoms. The number of hydrogen-bond donors (Lipinski definition) is 2. The van der Waals surface area contributed by atoms with Gasteiger partial charge in [-0.25, -0.2) is 0 Å². The van der Waals surface area contributed by atoms with Crippen molar-refractivity contribution in [2.45, 2.75) is 39.4 Å². The zero-order valence-corrected chi connectivity index (χ0v) is 11.5. The van der Waals surface area contributed by atoms with Gasteiger partial charge in [-0.1, -0.05) is 32.9 Å². The first-order valence-electron chi connectivity index (χ1n) is 6.38. The first-order valence-corrected chi connectivity index (χ1v) is 6.38. The zero-order chi connectivity index (χ0) is 14.6. The van der Waals surface area contributed by atoms with E-state index in [9.17, 15) is 13.2 Å². The highest BCUT2D eigenvalue weighted by Crippen LogP contribution is 2.29. The molecular weight excluding hydrogens is 253 g/mol. The monoisotopic (exact) mass is 274 g/mol. The van der Waals surface area contributed by atoms with Gasteiger partial charge in [0.05, 0.1) is 5.56 Å². The third-order valence-electron chi connectivity index (χ3n) is 3.64. The Morgan fingerprint density at radius 1 is 1.11 bits per heavy atom. The molecule has 108 valence electrons. The van der Waals surface area contributed by atoms with E-state index in [2.05, 4.69) is 26.2 Å². The molecule has 3 N–H and O–H groups in total. The molecule has 2 unspecified atom stereocenters. The molecule has 1 aromatic carbocycles. The van der Waals surface area contributed by atoms with Crippen LogP contribution in [0.2, 0.25) is 0 Å². The highest BCUT2D eigenvalue weighted by molar-refractivity contribution is 5.25. The Hall–Kier alpha value is -1.07. The van der Waals surface area contributed by atoms with Crippen LogP contribution < -0.4 is 11.3 Å². The van der Waals surface area contributed by atoms with Crippen LogP contribution in [-0.4, -0.2) is 6.04 Å². The second-order valence-corrected chi connectivity index (χ2v) is 5.28. The molecule has 0 aromatic heterocycles. The van der Waals surface area contributed by atoms with Gasteiger partial charge in [0.15, 0.2) is 0 Å². The van der Waals surface area contributed by atoms with Crippen LogP contribution in [0.1, 0.15) is 31.9 Å². The van der Waals surface area contributed by atoms with E-state index in [0.29, 0.717) is 18.3 Å². The molecule has 1 aromatic rings. The minimum absolute atomic E-state index is 0.0525. The minimum atomic E-state index is -4.28. The molecule has 0 radical (unpaired) electrons. The molecule has 0 aliphatic carbocycles. The van der Waals surface area contributed by atoms with Gasteiger partial charge in [-0.2, -0.15) is 13.2 Å². The molecule has 1 rings (SSSR count). The maximum absolute atomic E-state index is 12.4. The summed E-state index contributed by atoms with van der Waals surface area (Å²) >= 11 is 0. The molecule has 0 aliphatic heterocycles. The Labute approximate surface area is 112 Å². The van der Waals surface area contributed by atoms with E-state index >= 15 is 0 Å². The molecule has 0 heterocycles. The van der Waals surface area contributed by atoms with Crippen LogP contribution >= 0.6 is 0 Å². The second kappa shape index (κ2) is 6.39. The largest absolute Gasteiger partial charge is 0.416 e. The van der Waals surface area contributed by atoms with Gasteiger partial charge in [0.2, 0.25) is 0 Å². The number of halogens is 3. The molecule has 2 nitrogen and oxygen atoms in total. The summed E-state index contributed by atoms with van der Waals surface area (Å²) in [7, 11) is 0. The lowest BCUT2D eigenvalue weighted by Gasteiger charge is -2.26. The van der Waals surface area contributed by atoms with E-state index in [4.69, 9.17) is 5.84 Å². The third kappa shape index (κ3) is 4.51. The Morgan fingerprint density at radius 3 is 2.00 bits per heavy atom. The van der Waals surface area contributed by atoms with E-state index in [0.717, 1.165) is 17.7 Å². The summed E-state index contributed by atoms with van der Waals surface area (Å²) in [6, 6.07) is 5.31. The van der Waals surface area contributed by atoms with Crippen LogP contribution in [0, 0.1) is 11.8 Å². The fourth-order valence-electron chi connectivity index (χ4n) is 1.94. The zero-order valence-electron chi connectivity index (χ0n) is 11.5. The highest BCUT2D eigenvalue weighted by Gasteiger charge is 2.30. The molecule has 0 aliphatic rings. The summed E-state index contributed by atoms with van der Waals surface area (Å²) in [4.78, 5) is 0. The normalized spacial score (nSPS) is 15.6. The Balaban J connectivity index is 2.76. The fraction of sp³-hybridized carbons (Fsp3) is 0.571. The van der Waals surface area contributed by atoms with Crippen LogP contribution in [0.25, 0.3) is 0 Å². The lowest BCUT2D eigenvalue weighted by Crippen LogP contribution is -2.43. The van der Waals surface area contributed by atoms with Crippen molar-refractivity contribution in [2.24, 2.45) is 17.7 Å². The Morgan fingerprint density at radius 2 is 1.63 bits per heavy atom. The van der Waals surface area contributed by atoms with Crippen LogP contribution in [-0.2, 0) is 12.6 Å². The van der Waals surface area contributed by atoms with Crippen molar-refractivity contribution in [1.82, 2.24) is 5.43 Å². The van der Waals surface area contributed by atoms with Crippen molar-refractivity contribution in [1.29, 1.82) is 0 Å². The SMILES string of the molecule is CC(C)C(C)C(Cc1ccc(C(F)(F)F)cc1)NN. The number of hydrazine groups is 1. The molecular formula is C14H21F3N2. The van der Waals surface area contributed by atoms with Crippen molar-refractivity contribution < 1.29 is 13.2 Å². The summed E-state index contributed by atoms with van der Waals surface area (Å²) in [6.45, 7) is 6.28. The van der Waals surface area contributed by atoms with Crippen molar-refractivity contribution >= 4 is 0 Å². The van der Waals surface area contributed by atoms with Gasteiger partial charge in [-0.3, -0.25) is 11.3 Å². The van der Waals surface area contributed by atoms with E-state index in [1.807, 2.05) is 0 Å². The van der Waals surface area contributed by atoms with Gasteiger partial charge in [0, 0.05) is 6.04 Å². The standard InChI is InChI=1S/C14H21F3N2/c1-9(2)10(3)13(19-18)8-11-4-6-12(7-5-11)14(15,16)17/h4-7,9-10,13,19H,8,18H2,1-3H3. The van der Waals surface area contributed by atoms with Crippen LogP contribution in [0.3, 0.4) is 0 Å². The van der Waals surface area contributed by atoms with Gasteiger partial charge >= 0.3 is 6.18 Å². The summed E-state index contributed by atoms with van der Waals surface area (Å²) in [5, 5.41) is 0. The molecule has 0 saturated carbocycles. The molecule has 0 amide bonds. The number of rotatable bonds is 5. The van der Waals surface area contributed by atoms with E-state index in [1.165, 1.54) is 12.1 Å². The predicted molar refractivity (Wildman–Crippen MR) is 70.3 cm³/mol. The second-order valence-electron chi connectivity index (χ2n) is 5.28. The minimum Gasteiger partial charge on any atom is -0.271 e. The smallest absolute Gasteiger partial charge is 0.271 e. The number of nitrogens with two attached hydrogens (primary N) is 1. The van der Waals surface area contributed by atoms with Gasteiger partial charge in [-0.05, 0) is 36.0 Å². The van der Waals surface area contributed by atoms with Crippen molar-refractivity contribution in [2.75, 3.05) is 0 Å². The quantitative estimate of drug-likeness (QED) is 0.638. The summed E-state index contributed by atoms with van der Waals surface area (Å²) < 4.78 is 37.3. The molecule has 2 atom stereocenters. The highest BCUT2D eigenvalue weighted by atomic mass is 19.4. The van der Waals surface area contributed by atoms with Crippen molar-refractivity contribution in [3.05, 3.63) is 35.4 Å². The van der Waals surface area contributed by atoms with Gasteiger partial charge in [-0.15, -0.1) is 0 Å². The average Bonchev–Trinajstić information content (AvgIpc) is 2.34. The number of alkyl halides is 3. The lowest BCUT2D eigenvalue weighted by molar-refractivity contribution is -0.137. The summed E-state index contributed by atoms with van der Waals surface area (Å²) in [6.07, 6.45) is -3.66.